The third-order valence-electron chi connectivity index (χ3n) is 5.68. The summed E-state index contributed by atoms with van der Waals surface area (Å²) in [6, 6.07) is 0.797. The van der Waals surface area contributed by atoms with Gasteiger partial charge in [-0.1, -0.05) is 20.8 Å². The molecular formula is C20H27F3N4O4. The summed E-state index contributed by atoms with van der Waals surface area (Å²) in [5.74, 6) is -0.348. The van der Waals surface area contributed by atoms with Crippen molar-refractivity contribution in [3.63, 3.8) is 0 Å². The number of aromatic nitrogens is 1. The molecule has 2 saturated heterocycles. The van der Waals surface area contributed by atoms with Crippen LogP contribution in [-0.4, -0.2) is 60.8 Å². The van der Waals surface area contributed by atoms with E-state index < -0.39 is 34.8 Å². The fourth-order valence-corrected chi connectivity index (χ4v) is 3.70. The lowest BCUT2D eigenvalue weighted by atomic mass is 9.95. The number of hydrogen-bond acceptors (Lipinski definition) is 6. The number of hydrogen-bond donors (Lipinski definition) is 2. The number of nitrogens with zero attached hydrogens (tertiary/aromatic N) is 2. The standard InChI is InChI=1S/C20H27F3N4O4/c1-18(2,3)16(28)26-14-5-12(20(21,22)23)7-25-15(14)9-31-17(29)27-8-13-6-24-10-19(13,11-27)30-4/h5,7,13,24H,6,8-11H2,1-4H3,(H,26,28)/t13-,19+/m0/s1. The number of pyridine rings is 1. The maximum Gasteiger partial charge on any atom is 0.417 e. The van der Waals surface area contributed by atoms with Crippen LogP contribution in [0, 0.1) is 11.3 Å². The van der Waals surface area contributed by atoms with Gasteiger partial charge in [-0.25, -0.2) is 4.79 Å². The highest BCUT2D eigenvalue weighted by Gasteiger charge is 2.51. The van der Waals surface area contributed by atoms with E-state index in [9.17, 15) is 22.8 Å². The van der Waals surface area contributed by atoms with Crippen LogP contribution in [0.1, 0.15) is 32.0 Å². The molecule has 1 aromatic rings. The Kier molecular flexibility index (Phi) is 6.21. The molecule has 1 aromatic heterocycles. The van der Waals surface area contributed by atoms with Crippen LogP contribution in [0.2, 0.25) is 0 Å². The number of carbonyl (C=O) groups excluding carboxylic acids is 2. The van der Waals surface area contributed by atoms with Gasteiger partial charge >= 0.3 is 12.3 Å². The molecule has 11 heteroatoms. The summed E-state index contributed by atoms with van der Waals surface area (Å²) in [6.07, 6.45) is -4.58. The third-order valence-corrected chi connectivity index (χ3v) is 5.68. The Bertz CT molecular complexity index is 856. The lowest BCUT2D eigenvalue weighted by Crippen LogP contribution is -2.42. The molecule has 0 radical (unpaired) electrons. The van der Waals surface area contributed by atoms with Gasteiger partial charge < -0.3 is 25.0 Å². The Labute approximate surface area is 178 Å². The number of methoxy groups -OCH3 is 1. The number of ether oxygens (including phenoxy) is 2. The summed E-state index contributed by atoms with van der Waals surface area (Å²) in [4.78, 5) is 30.2. The van der Waals surface area contributed by atoms with Gasteiger partial charge in [0.2, 0.25) is 5.91 Å². The lowest BCUT2D eigenvalue weighted by Gasteiger charge is -2.26. The zero-order valence-corrected chi connectivity index (χ0v) is 17.9. The highest BCUT2D eigenvalue weighted by Crippen LogP contribution is 2.35. The first-order chi connectivity index (χ1) is 14.4. The average molecular weight is 444 g/mol. The first kappa shape index (κ1) is 23.3. The Morgan fingerprint density at radius 2 is 2.06 bits per heavy atom. The molecule has 8 nitrogen and oxygen atoms in total. The molecule has 2 amide bonds. The molecule has 172 valence electrons. The number of likely N-dealkylation sites (tertiary alicyclic amines) is 1. The van der Waals surface area contributed by atoms with Crippen LogP contribution >= 0.6 is 0 Å². The van der Waals surface area contributed by atoms with Crippen molar-refractivity contribution in [2.45, 2.75) is 39.2 Å². The summed E-state index contributed by atoms with van der Waals surface area (Å²) < 4.78 is 50.3. The first-order valence-electron chi connectivity index (χ1n) is 9.91. The van der Waals surface area contributed by atoms with Crippen LogP contribution in [0.15, 0.2) is 12.3 Å². The summed E-state index contributed by atoms with van der Waals surface area (Å²) in [6.45, 7) is 6.68. The van der Waals surface area contributed by atoms with Crippen LogP contribution in [0.25, 0.3) is 0 Å². The smallest absolute Gasteiger partial charge is 0.417 e. The number of halogens is 3. The first-order valence-corrected chi connectivity index (χ1v) is 9.91. The van der Waals surface area contributed by atoms with Crippen molar-refractivity contribution in [3.8, 4) is 0 Å². The van der Waals surface area contributed by atoms with Gasteiger partial charge in [-0.2, -0.15) is 13.2 Å². The highest BCUT2D eigenvalue weighted by molar-refractivity contribution is 5.95. The van der Waals surface area contributed by atoms with Crippen molar-refractivity contribution in [2.75, 3.05) is 38.6 Å². The van der Waals surface area contributed by atoms with Crippen LogP contribution in [0.5, 0.6) is 0 Å². The topological polar surface area (TPSA) is 92.8 Å². The van der Waals surface area contributed by atoms with E-state index in [1.807, 2.05) is 0 Å². The predicted molar refractivity (Wildman–Crippen MR) is 105 cm³/mol. The zero-order chi connectivity index (χ0) is 23.0. The largest absolute Gasteiger partial charge is 0.443 e. The second-order valence-corrected chi connectivity index (χ2v) is 8.95. The van der Waals surface area contributed by atoms with Gasteiger partial charge in [0.15, 0.2) is 0 Å². The second-order valence-electron chi connectivity index (χ2n) is 8.95. The predicted octanol–water partition coefficient (Wildman–Crippen LogP) is 2.64. The van der Waals surface area contributed by atoms with Crippen molar-refractivity contribution >= 4 is 17.7 Å². The van der Waals surface area contributed by atoms with Crippen LogP contribution < -0.4 is 10.6 Å². The van der Waals surface area contributed by atoms with Gasteiger partial charge in [0.1, 0.15) is 17.9 Å². The summed E-state index contributed by atoms with van der Waals surface area (Å²) in [5.41, 5.74) is -2.41. The van der Waals surface area contributed by atoms with E-state index >= 15 is 0 Å². The molecule has 0 spiro atoms. The molecule has 2 fully saturated rings. The molecule has 0 bridgehead atoms. The van der Waals surface area contributed by atoms with Crippen molar-refractivity contribution in [2.24, 2.45) is 11.3 Å². The van der Waals surface area contributed by atoms with E-state index in [0.29, 0.717) is 25.8 Å². The van der Waals surface area contributed by atoms with E-state index in [4.69, 9.17) is 9.47 Å². The molecule has 3 heterocycles. The van der Waals surface area contributed by atoms with E-state index in [-0.39, 0.29) is 23.9 Å². The van der Waals surface area contributed by atoms with E-state index in [1.54, 1.807) is 27.9 Å². The molecule has 0 unspecified atom stereocenters. The quantitative estimate of drug-likeness (QED) is 0.742. The van der Waals surface area contributed by atoms with Crippen LogP contribution in [0.3, 0.4) is 0 Å². The van der Waals surface area contributed by atoms with Crippen LogP contribution in [0.4, 0.5) is 23.7 Å². The monoisotopic (exact) mass is 444 g/mol. The van der Waals surface area contributed by atoms with E-state index in [0.717, 1.165) is 12.6 Å². The molecule has 31 heavy (non-hydrogen) atoms. The molecule has 2 atom stereocenters. The minimum Gasteiger partial charge on any atom is -0.443 e. The minimum absolute atomic E-state index is 0.0291. The number of fused-ring (bicyclic) bond motifs is 1. The third kappa shape index (κ3) is 4.93. The fourth-order valence-electron chi connectivity index (χ4n) is 3.70. The SMILES string of the molecule is CO[C@@]12CNC[C@H]1CN(C(=O)OCc1ncc(C(F)(F)F)cc1NC(=O)C(C)(C)C)C2. The van der Waals surface area contributed by atoms with Gasteiger partial charge in [0.25, 0.3) is 0 Å². The Balaban J connectivity index is 1.73. The van der Waals surface area contributed by atoms with E-state index in [1.165, 1.54) is 4.90 Å². The van der Waals surface area contributed by atoms with Crippen LogP contribution in [-0.2, 0) is 27.1 Å². The molecular weight excluding hydrogens is 417 g/mol. The molecule has 0 aliphatic carbocycles. The molecule has 3 rings (SSSR count). The zero-order valence-electron chi connectivity index (χ0n) is 17.9. The van der Waals surface area contributed by atoms with Crippen molar-refractivity contribution in [1.82, 2.24) is 15.2 Å². The molecule has 2 N–H and O–H groups in total. The number of anilines is 1. The van der Waals surface area contributed by atoms with Gasteiger partial charge in [-0.15, -0.1) is 0 Å². The normalized spacial score (nSPS) is 23.6. The number of nitrogens with one attached hydrogen (secondary N) is 2. The van der Waals surface area contributed by atoms with Gasteiger partial charge in [0, 0.05) is 44.3 Å². The molecule has 0 aromatic carbocycles. The minimum atomic E-state index is -4.63. The average Bonchev–Trinajstić information content (AvgIpc) is 3.22. The number of alkyl halides is 3. The Morgan fingerprint density at radius 3 is 2.65 bits per heavy atom. The number of amides is 2. The van der Waals surface area contributed by atoms with E-state index in [2.05, 4.69) is 15.6 Å². The summed E-state index contributed by atoms with van der Waals surface area (Å²) in [7, 11) is 1.60. The lowest BCUT2D eigenvalue weighted by molar-refractivity contribution is -0.137. The van der Waals surface area contributed by atoms with Gasteiger partial charge in [-0.3, -0.25) is 9.78 Å². The number of carbonyl (C=O) groups is 2. The van der Waals surface area contributed by atoms with Crippen molar-refractivity contribution in [1.29, 1.82) is 0 Å². The molecule has 2 aliphatic rings. The molecule has 2 aliphatic heterocycles. The summed E-state index contributed by atoms with van der Waals surface area (Å²) in [5, 5.41) is 5.71. The summed E-state index contributed by atoms with van der Waals surface area (Å²) >= 11 is 0. The van der Waals surface area contributed by atoms with Crippen molar-refractivity contribution < 1.29 is 32.2 Å². The van der Waals surface area contributed by atoms with Gasteiger partial charge in [0.05, 0.1) is 17.8 Å². The molecule has 0 saturated carbocycles. The maximum absolute atomic E-state index is 13.1. The maximum atomic E-state index is 13.1. The highest BCUT2D eigenvalue weighted by atomic mass is 19.4. The fraction of sp³-hybridized carbons (Fsp3) is 0.650. The van der Waals surface area contributed by atoms with Gasteiger partial charge in [-0.05, 0) is 6.07 Å². The Hall–Kier alpha value is -2.40. The van der Waals surface area contributed by atoms with Crippen molar-refractivity contribution in [3.05, 3.63) is 23.5 Å². The second kappa shape index (κ2) is 8.27. The Morgan fingerprint density at radius 1 is 1.35 bits per heavy atom. The number of rotatable bonds is 4.